The number of methoxy groups -OCH3 is 1. The van der Waals surface area contributed by atoms with Crippen LogP contribution in [0.4, 0.5) is 5.13 Å². The Morgan fingerprint density at radius 1 is 1.28 bits per heavy atom. The van der Waals surface area contributed by atoms with E-state index in [4.69, 9.17) is 21.1 Å². The van der Waals surface area contributed by atoms with Gasteiger partial charge >= 0.3 is 0 Å². The Kier molecular flexibility index (Phi) is 6.99. The highest BCUT2D eigenvalue weighted by Crippen LogP contribution is 2.39. The number of carbonyl (C=O) groups excluding carboxylic acids is 1. The number of thiazole rings is 1. The Hall–Kier alpha value is -2.20. The Bertz CT molecular complexity index is 1210. The molecule has 2 heterocycles. The van der Waals surface area contributed by atoms with E-state index in [2.05, 4.69) is 4.98 Å². The number of nitrogens with zero attached hydrogens (tertiary/aromatic N) is 2. The molecule has 10 heteroatoms. The summed E-state index contributed by atoms with van der Waals surface area (Å²) in [6.45, 7) is 0.957. The average Bonchev–Trinajstić information content (AvgIpc) is 3.47. The SMILES string of the molecule is COc1ccc(Cl)c2sc(N(CC3CCCO3)C(=O)CCS(=O)(=O)c3ccccc3)nc12. The highest BCUT2D eigenvalue weighted by molar-refractivity contribution is 7.91. The lowest BCUT2D eigenvalue weighted by molar-refractivity contribution is -0.118. The molecule has 2 aromatic carbocycles. The summed E-state index contributed by atoms with van der Waals surface area (Å²) in [5.74, 6) is -0.0513. The topological polar surface area (TPSA) is 85.8 Å². The number of amides is 1. The number of ether oxygens (including phenoxy) is 2. The van der Waals surface area contributed by atoms with E-state index in [9.17, 15) is 13.2 Å². The predicted octanol–water partition coefficient (Wildman–Crippen LogP) is 4.33. The maximum absolute atomic E-state index is 13.2. The first-order valence-electron chi connectivity index (χ1n) is 10.2. The molecule has 170 valence electrons. The molecule has 0 aliphatic carbocycles. The Labute approximate surface area is 195 Å². The fourth-order valence-electron chi connectivity index (χ4n) is 3.60. The van der Waals surface area contributed by atoms with Crippen LogP contribution in [-0.2, 0) is 19.4 Å². The molecule has 1 saturated heterocycles. The van der Waals surface area contributed by atoms with E-state index in [-0.39, 0.29) is 29.1 Å². The summed E-state index contributed by atoms with van der Waals surface area (Å²) in [6, 6.07) is 11.6. The molecular weight excluding hydrogens is 472 g/mol. The van der Waals surface area contributed by atoms with Crippen molar-refractivity contribution in [3.05, 3.63) is 47.5 Å². The third-order valence-corrected chi connectivity index (χ3v) is 8.57. The van der Waals surface area contributed by atoms with Gasteiger partial charge in [-0.25, -0.2) is 13.4 Å². The number of aromatic nitrogens is 1. The van der Waals surface area contributed by atoms with Gasteiger partial charge in [0.25, 0.3) is 0 Å². The molecule has 1 amide bonds. The van der Waals surface area contributed by atoms with E-state index in [1.54, 1.807) is 37.4 Å². The van der Waals surface area contributed by atoms with Gasteiger partial charge in [0.15, 0.2) is 15.0 Å². The van der Waals surface area contributed by atoms with Crippen LogP contribution in [0.2, 0.25) is 5.02 Å². The van der Waals surface area contributed by atoms with Crippen LogP contribution in [0, 0.1) is 0 Å². The molecule has 4 rings (SSSR count). The summed E-state index contributed by atoms with van der Waals surface area (Å²) in [5.41, 5.74) is 0.571. The zero-order chi connectivity index (χ0) is 22.7. The van der Waals surface area contributed by atoms with Crippen LogP contribution in [0.1, 0.15) is 19.3 Å². The lowest BCUT2D eigenvalue weighted by Gasteiger charge is -2.23. The van der Waals surface area contributed by atoms with Crippen molar-refractivity contribution in [1.29, 1.82) is 0 Å². The van der Waals surface area contributed by atoms with E-state index in [0.29, 0.717) is 39.3 Å². The van der Waals surface area contributed by atoms with Gasteiger partial charge < -0.3 is 9.47 Å². The van der Waals surface area contributed by atoms with Gasteiger partial charge in [0.2, 0.25) is 5.91 Å². The van der Waals surface area contributed by atoms with E-state index < -0.39 is 9.84 Å². The van der Waals surface area contributed by atoms with Gasteiger partial charge in [-0.05, 0) is 37.1 Å². The molecule has 7 nitrogen and oxygen atoms in total. The van der Waals surface area contributed by atoms with Gasteiger partial charge in [0.1, 0.15) is 11.3 Å². The molecule has 0 radical (unpaired) electrons. The number of rotatable bonds is 8. The second-order valence-electron chi connectivity index (χ2n) is 7.45. The van der Waals surface area contributed by atoms with E-state index in [0.717, 1.165) is 12.8 Å². The molecule has 1 fully saturated rings. The predicted molar refractivity (Wildman–Crippen MR) is 126 cm³/mol. The van der Waals surface area contributed by atoms with Crippen molar-refractivity contribution >= 4 is 54.0 Å². The van der Waals surface area contributed by atoms with Crippen molar-refractivity contribution in [1.82, 2.24) is 4.98 Å². The number of anilines is 1. The molecular formula is C22H23ClN2O5S2. The second-order valence-corrected chi connectivity index (χ2v) is 10.9. The summed E-state index contributed by atoms with van der Waals surface area (Å²) in [5, 5.41) is 0.963. The number of hydrogen-bond donors (Lipinski definition) is 0. The third-order valence-electron chi connectivity index (χ3n) is 5.30. The first-order valence-corrected chi connectivity index (χ1v) is 13.1. The van der Waals surface area contributed by atoms with Crippen molar-refractivity contribution in [3.63, 3.8) is 0 Å². The molecule has 0 saturated carbocycles. The molecule has 1 unspecified atom stereocenters. The van der Waals surface area contributed by atoms with Crippen LogP contribution in [-0.4, -0.2) is 51.4 Å². The van der Waals surface area contributed by atoms with Crippen LogP contribution in [0.3, 0.4) is 0 Å². The third kappa shape index (κ3) is 4.91. The minimum absolute atomic E-state index is 0.117. The van der Waals surface area contributed by atoms with Crippen LogP contribution < -0.4 is 9.64 Å². The highest BCUT2D eigenvalue weighted by Gasteiger charge is 2.28. The summed E-state index contributed by atoms with van der Waals surface area (Å²) in [6.07, 6.45) is 1.48. The maximum atomic E-state index is 13.2. The molecule has 32 heavy (non-hydrogen) atoms. The zero-order valence-electron chi connectivity index (χ0n) is 17.5. The Balaban J connectivity index is 1.61. The lowest BCUT2D eigenvalue weighted by atomic mass is 10.2. The number of carbonyl (C=O) groups is 1. The van der Waals surface area contributed by atoms with E-state index in [1.165, 1.54) is 28.4 Å². The normalized spacial score (nSPS) is 16.4. The standard InChI is InChI=1S/C22H23ClN2O5S2/c1-29-18-10-9-17(23)21-20(18)24-22(31-21)25(14-15-6-5-12-30-15)19(26)11-13-32(27,28)16-7-3-2-4-8-16/h2-4,7-10,15H,5-6,11-14H2,1H3. The number of benzene rings is 2. The molecule has 0 bridgehead atoms. The Morgan fingerprint density at radius 3 is 2.75 bits per heavy atom. The van der Waals surface area contributed by atoms with Crippen molar-refractivity contribution < 1.29 is 22.7 Å². The van der Waals surface area contributed by atoms with Crippen LogP contribution in [0.25, 0.3) is 10.2 Å². The van der Waals surface area contributed by atoms with Crippen LogP contribution in [0.15, 0.2) is 47.4 Å². The summed E-state index contributed by atoms with van der Waals surface area (Å²) in [7, 11) is -2.03. The smallest absolute Gasteiger partial charge is 0.229 e. The van der Waals surface area contributed by atoms with E-state index >= 15 is 0 Å². The van der Waals surface area contributed by atoms with Crippen molar-refractivity contribution in [3.8, 4) is 5.75 Å². The van der Waals surface area contributed by atoms with Gasteiger partial charge in [-0.2, -0.15) is 0 Å². The maximum Gasteiger partial charge on any atom is 0.229 e. The van der Waals surface area contributed by atoms with Crippen molar-refractivity contribution in [2.45, 2.75) is 30.3 Å². The fourth-order valence-corrected chi connectivity index (χ4v) is 6.14. The quantitative estimate of drug-likeness (QED) is 0.463. The van der Waals surface area contributed by atoms with Gasteiger partial charge in [0.05, 0.1) is 40.1 Å². The number of hydrogen-bond acceptors (Lipinski definition) is 7. The minimum Gasteiger partial charge on any atom is -0.494 e. The minimum atomic E-state index is -3.58. The number of halogens is 1. The molecule has 1 atom stereocenters. The molecule has 1 aliphatic heterocycles. The summed E-state index contributed by atoms with van der Waals surface area (Å²) in [4.78, 5) is 19.6. The number of sulfone groups is 1. The molecule has 3 aromatic rings. The van der Waals surface area contributed by atoms with Gasteiger partial charge in [0, 0.05) is 13.0 Å². The Morgan fingerprint density at radius 2 is 2.06 bits per heavy atom. The van der Waals surface area contributed by atoms with E-state index in [1.807, 2.05) is 0 Å². The number of fused-ring (bicyclic) bond motifs is 1. The van der Waals surface area contributed by atoms with Crippen molar-refractivity contribution in [2.24, 2.45) is 0 Å². The van der Waals surface area contributed by atoms with Crippen molar-refractivity contribution in [2.75, 3.05) is 30.9 Å². The second kappa shape index (κ2) is 9.74. The largest absolute Gasteiger partial charge is 0.494 e. The van der Waals surface area contributed by atoms with Gasteiger partial charge in [-0.3, -0.25) is 9.69 Å². The van der Waals surface area contributed by atoms with Crippen LogP contribution in [0.5, 0.6) is 5.75 Å². The molecule has 1 aliphatic rings. The van der Waals surface area contributed by atoms with Gasteiger partial charge in [-0.1, -0.05) is 41.1 Å². The average molecular weight is 495 g/mol. The lowest BCUT2D eigenvalue weighted by Crippen LogP contribution is -2.38. The zero-order valence-corrected chi connectivity index (χ0v) is 19.9. The van der Waals surface area contributed by atoms with Gasteiger partial charge in [-0.15, -0.1) is 0 Å². The monoisotopic (exact) mass is 494 g/mol. The molecule has 1 aromatic heterocycles. The van der Waals surface area contributed by atoms with Crippen LogP contribution >= 0.6 is 22.9 Å². The molecule has 0 N–H and O–H groups in total. The highest BCUT2D eigenvalue weighted by atomic mass is 35.5. The summed E-state index contributed by atoms with van der Waals surface area (Å²) >= 11 is 7.63. The molecule has 0 spiro atoms. The first kappa shape index (κ1) is 23.0. The fraction of sp³-hybridized carbons (Fsp3) is 0.364. The summed E-state index contributed by atoms with van der Waals surface area (Å²) < 4.78 is 37.2. The first-order chi connectivity index (χ1) is 15.4.